The summed E-state index contributed by atoms with van der Waals surface area (Å²) in [6.45, 7) is 3.42. The topological polar surface area (TPSA) is 36.9 Å². The molecule has 1 aliphatic rings. The van der Waals surface area contributed by atoms with Crippen LogP contribution >= 0.6 is 15.9 Å². The zero-order valence-corrected chi connectivity index (χ0v) is 23.1. The molecule has 0 atom stereocenters. The van der Waals surface area contributed by atoms with Crippen LogP contribution < -0.4 is 9.47 Å². The van der Waals surface area contributed by atoms with Gasteiger partial charge < -0.3 is 18.9 Å². The average Bonchev–Trinajstić information content (AvgIpc) is 3.22. The highest BCUT2D eigenvalue weighted by atomic mass is 79.9. The van der Waals surface area contributed by atoms with Crippen LogP contribution in [0.15, 0.2) is 108 Å². The van der Waals surface area contributed by atoms with Crippen molar-refractivity contribution in [1.82, 2.24) is 0 Å². The van der Waals surface area contributed by atoms with Gasteiger partial charge in [0.15, 0.2) is 0 Å². The van der Waals surface area contributed by atoms with E-state index in [-0.39, 0.29) is 5.41 Å². The first-order chi connectivity index (χ1) is 18.8. The average molecular weight is 574 g/mol. The van der Waals surface area contributed by atoms with Crippen LogP contribution in [0.25, 0.3) is 11.1 Å². The molecule has 1 aliphatic carbocycles. The van der Waals surface area contributed by atoms with Crippen molar-refractivity contribution >= 4 is 15.9 Å². The molecular weight excluding hydrogens is 540 g/mol. The lowest BCUT2D eigenvalue weighted by molar-refractivity contribution is 0.0706. The first-order valence-electron chi connectivity index (χ1n) is 13.2. The third-order valence-corrected chi connectivity index (χ3v) is 7.55. The van der Waals surface area contributed by atoms with Crippen LogP contribution in [0, 0.1) is 0 Å². The molecule has 5 rings (SSSR count). The number of hydrogen-bond donors (Lipinski definition) is 0. The van der Waals surface area contributed by atoms with Gasteiger partial charge in [0.2, 0.25) is 0 Å². The van der Waals surface area contributed by atoms with Crippen molar-refractivity contribution in [2.75, 3.05) is 39.6 Å². The van der Waals surface area contributed by atoms with E-state index >= 15 is 0 Å². The first kappa shape index (κ1) is 26.5. The Kier molecular flexibility index (Phi) is 9.13. The van der Waals surface area contributed by atoms with E-state index in [0.29, 0.717) is 39.6 Å². The molecule has 5 heteroatoms. The van der Waals surface area contributed by atoms with Crippen molar-refractivity contribution in [2.24, 2.45) is 0 Å². The quantitative estimate of drug-likeness (QED) is 0.145. The minimum Gasteiger partial charge on any atom is -0.491 e. The minimum absolute atomic E-state index is 0.184. The lowest BCUT2D eigenvalue weighted by Gasteiger charge is -2.32. The summed E-state index contributed by atoms with van der Waals surface area (Å²) in [5, 5.41) is 0. The number of fused-ring (bicyclic) bond motifs is 3. The number of para-hydroxylation sites is 2. The van der Waals surface area contributed by atoms with Crippen LogP contribution in [-0.2, 0) is 14.9 Å². The molecule has 38 heavy (non-hydrogen) atoms. The third kappa shape index (κ3) is 6.29. The summed E-state index contributed by atoms with van der Waals surface area (Å²) in [5.41, 5.74) is 5.09. The highest BCUT2D eigenvalue weighted by Crippen LogP contribution is 2.53. The molecule has 0 heterocycles. The van der Waals surface area contributed by atoms with Crippen LogP contribution in [0.4, 0.5) is 0 Å². The van der Waals surface area contributed by atoms with E-state index in [9.17, 15) is 0 Å². The van der Waals surface area contributed by atoms with E-state index in [1.54, 1.807) is 0 Å². The van der Waals surface area contributed by atoms with Gasteiger partial charge in [-0.3, -0.25) is 0 Å². The van der Waals surface area contributed by atoms with E-state index in [1.807, 2.05) is 60.7 Å². The Balaban J connectivity index is 1.23. The van der Waals surface area contributed by atoms with Gasteiger partial charge in [-0.2, -0.15) is 0 Å². The zero-order chi connectivity index (χ0) is 26.0. The summed E-state index contributed by atoms with van der Waals surface area (Å²) >= 11 is 3.71. The van der Waals surface area contributed by atoms with E-state index in [1.165, 1.54) is 22.3 Å². The monoisotopic (exact) mass is 572 g/mol. The fraction of sp³-hybridized carbons (Fsp3) is 0.273. The molecule has 0 saturated heterocycles. The van der Waals surface area contributed by atoms with Gasteiger partial charge in [-0.15, -0.1) is 0 Å². The molecule has 0 saturated carbocycles. The van der Waals surface area contributed by atoms with Crippen LogP contribution in [0.5, 0.6) is 11.5 Å². The Hall–Kier alpha value is -3.12. The molecule has 0 bridgehead atoms. The van der Waals surface area contributed by atoms with Crippen molar-refractivity contribution in [1.29, 1.82) is 0 Å². The van der Waals surface area contributed by atoms with E-state index in [0.717, 1.165) is 28.8 Å². The SMILES string of the molecule is Brc1ccc2c(c1)C(CCOCCOc1ccccc1)(CCOCCOc1ccccc1)c1ccccc1-2. The standard InChI is InChI=1S/C33H33BrO4/c34-26-15-16-30-29-13-7-8-14-31(29)33(32(30)25-26,17-19-35-21-23-37-27-9-3-1-4-10-27)18-20-36-22-24-38-28-11-5-2-6-12-28/h1-16,25H,17-24H2. The predicted molar refractivity (Wildman–Crippen MR) is 155 cm³/mol. The van der Waals surface area contributed by atoms with Gasteiger partial charge in [-0.1, -0.05) is 82.7 Å². The summed E-state index contributed by atoms with van der Waals surface area (Å²) in [6.07, 6.45) is 1.73. The van der Waals surface area contributed by atoms with Crippen molar-refractivity contribution in [3.63, 3.8) is 0 Å². The molecule has 0 unspecified atom stereocenters. The number of benzene rings is 4. The van der Waals surface area contributed by atoms with Crippen molar-refractivity contribution in [3.05, 3.63) is 119 Å². The van der Waals surface area contributed by atoms with Crippen molar-refractivity contribution in [2.45, 2.75) is 18.3 Å². The van der Waals surface area contributed by atoms with E-state index in [4.69, 9.17) is 18.9 Å². The smallest absolute Gasteiger partial charge is 0.119 e. The molecule has 0 aromatic heterocycles. The maximum absolute atomic E-state index is 6.10. The van der Waals surface area contributed by atoms with Gasteiger partial charge in [0.25, 0.3) is 0 Å². The largest absolute Gasteiger partial charge is 0.491 e. The van der Waals surface area contributed by atoms with Gasteiger partial charge in [-0.05, 0) is 71.5 Å². The molecule has 0 aliphatic heterocycles. The minimum atomic E-state index is -0.184. The van der Waals surface area contributed by atoms with Crippen LogP contribution in [0.2, 0.25) is 0 Å². The highest BCUT2D eigenvalue weighted by molar-refractivity contribution is 9.10. The van der Waals surface area contributed by atoms with Gasteiger partial charge in [0.05, 0.1) is 13.2 Å². The molecule has 196 valence electrons. The number of halogens is 1. The molecule has 4 nitrogen and oxygen atoms in total. The molecule has 0 N–H and O–H groups in total. The molecular formula is C33H33BrO4. The van der Waals surface area contributed by atoms with Gasteiger partial charge >= 0.3 is 0 Å². The van der Waals surface area contributed by atoms with Gasteiger partial charge in [-0.25, -0.2) is 0 Å². The lowest BCUT2D eigenvalue weighted by Crippen LogP contribution is -2.30. The Morgan fingerprint density at radius 2 is 1.03 bits per heavy atom. The second kappa shape index (κ2) is 13.1. The van der Waals surface area contributed by atoms with Crippen molar-refractivity contribution < 1.29 is 18.9 Å². The molecule has 4 aromatic rings. The molecule has 4 aromatic carbocycles. The van der Waals surface area contributed by atoms with Crippen LogP contribution in [0.1, 0.15) is 24.0 Å². The Morgan fingerprint density at radius 3 is 1.63 bits per heavy atom. The second-order valence-corrected chi connectivity index (χ2v) is 10.3. The van der Waals surface area contributed by atoms with E-state index < -0.39 is 0 Å². The molecule has 0 spiro atoms. The zero-order valence-electron chi connectivity index (χ0n) is 21.5. The van der Waals surface area contributed by atoms with Gasteiger partial charge in [0, 0.05) is 23.1 Å². The molecule has 0 fully saturated rings. The normalized spacial score (nSPS) is 13.1. The fourth-order valence-corrected chi connectivity index (χ4v) is 5.62. The summed E-state index contributed by atoms with van der Waals surface area (Å²) in [6, 6.07) is 35.1. The van der Waals surface area contributed by atoms with E-state index in [2.05, 4.69) is 58.4 Å². The Morgan fingerprint density at radius 1 is 0.500 bits per heavy atom. The second-order valence-electron chi connectivity index (χ2n) is 9.37. The first-order valence-corrected chi connectivity index (χ1v) is 14.0. The predicted octanol–water partition coefficient (Wildman–Crippen LogP) is 7.69. The third-order valence-electron chi connectivity index (χ3n) is 7.06. The summed E-state index contributed by atoms with van der Waals surface area (Å²) < 4.78 is 24.9. The Bertz CT molecular complexity index is 1240. The number of hydrogen-bond acceptors (Lipinski definition) is 4. The summed E-state index contributed by atoms with van der Waals surface area (Å²) in [4.78, 5) is 0. The summed E-state index contributed by atoms with van der Waals surface area (Å²) in [5.74, 6) is 1.73. The number of ether oxygens (including phenoxy) is 4. The number of rotatable bonds is 14. The maximum atomic E-state index is 6.10. The molecule has 0 radical (unpaired) electrons. The van der Waals surface area contributed by atoms with Crippen molar-refractivity contribution in [3.8, 4) is 22.6 Å². The Labute approximate surface area is 233 Å². The van der Waals surface area contributed by atoms with Gasteiger partial charge in [0.1, 0.15) is 24.7 Å². The molecule has 0 amide bonds. The lowest BCUT2D eigenvalue weighted by atomic mass is 9.73. The van der Waals surface area contributed by atoms with Crippen LogP contribution in [0.3, 0.4) is 0 Å². The summed E-state index contributed by atoms with van der Waals surface area (Å²) in [7, 11) is 0. The van der Waals surface area contributed by atoms with Crippen LogP contribution in [-0.4, -0.2) is 39.6 Å². The highest BCUT2D eigenvalue weighted by Gasteiger charge is 2.42. The fourth-order valence-electron chi connectivity index (χ4n) is 5.26. The maximum Gasteiger partial charge on any atom is 0.119 e.